The molecule has 1 saturated heterocycles. The maximum absolute atomic E-state index is 5.65. The zero-order valence-electron chi connectivity index (χ0n) is 11.6. The monoisotopic (exact) mass is 240 g/mol. The van der Waals surface area contributed by atoms with Crippen LogP contribution in [0.3, 0.4) is 0 Å². The summed E-state index contributed by atoms with van der Waals surface area (Å²) in [6, 6.07) is 1.99. The Balaban J connectivity index is 1.72. The Hall–Kier alpha value is -0.120. The topological polar surface area (TPSA) is 24.5 Å². The highest BCUT2D eigenvalue weighted by atomic mass is 16.5. The van der Waals surface area contributed by atoms with E-state index in [1.807, 2.05) is 0 Å². The lowest BCUT2D eigenvalue weighted by molar-refractivity contribution is 0.0699. The van der Waals surface area contributed by atoms with Crippen LogP contribution in [0.15, 0.2) is 0 Å². The summed E-state index contributed by atoms with van der Waals surface area (Å²) < 4.78 is 5.65. The minimum atomic E-state index is 0.397. The van der Waals surface area contributed by atoms with E-state index >= 15 is 0 Å². The zero-order valence-corrected chi connectivity index (χ0v) is 11.6. The van der Waals surface area contributed by atoms with E-state index in [2.05, 4.69) is 31.1 Å². The molecule has 2 aliphatic rings. The van der Waals surface area contributed by atoms with Gasteiger partial charge in [-0.15, -0.1) is 0 Å². The van der Waals surface area contributed by atoms with Gasteiger partial charge < -0.3 is 10.1 Å². The first-order valence-corrected chi connectivity index (χ1v) is 7.25. The van der Waals surface area contributed by atoms with Gasteiger partial charge in [-0.3, -0.25) is 4.90 Å². The van der Waals surface area contributed by atoms with Crippen molar-refractivity contribution in [1.29, 1.82) is 0 Å². The Kier molecular flexibility index (Phi) is 4.83. The molecule has 1 saturated carbocycles. The average Bonchev–Trinajstić information content (AvgIpc) is 2.95. The summed E-state index contributed by atoms with van der Waals surface area (Å²) in [7, 11) is 2.25. The molecule has 100 valence electrons. The highest BCUT2D eigenvalue weighted by molar-refractivity contribution is 4.85. The molecule has 3 heteroatoms. The maximum atomic E-state index is 5.65. The van der Waals surface area contributed by atoms with Gasteiger partial charge in [0.25, 0.3) is 0 Å². The van der Waals surface area contributed by atoms with Gasteiger partial charge in [0.05, 0.1) is 6.10 Å². The average molecular weight is 240 g/mol. The fourth-order valence-corrected chi connectivity index (χ4v) is 3.19. The van der Waals surface area contributed by atoms with Gasteiger partial charge >= 0.3 is 0 Å². The Morgan fingerprint density at radius 2 is 2.00 bits per heavy atom. The summed E-state index contributed by atoms with van der Waals surface area (Å²) in [5, 5.41) is 3.72. The molecular weight excluding hydrogens is 212 g/mol. The highest BCUT2D eigenvalue weighted by Crippen LogP contribution is 2.21. The van der Waals surface area contributed by atoms with Gasteiger partial charge in [0.1, 0.15) is 0 Å². The molecule has 2 fully saturated rings. The van der Waals surface area contributed by atoms with Crippen LogP contribution in [-0.2, 0) is 4.74 Å². The third kappa shape index (κ3) is 3.43. The van der Waals surface area contributed by atoms with Crippen LogP contribution in [0.5, 0.6) is 0 Å². The van der Waals surface area contributed by atoms with Crippen molar-refractivity contribution in [3.8, 4) is 0 Å². The highest BCUT2D eigenvalue weighted by Gasteiger charge is 2.30. The summed E-state index contributed by atoms with van der Waals surface area (Å²) >= 11 is 0. The van der Waals surface area contributed by atoms with Gasteiger partial charge in [-0.05, 0) is 40.2 Å². The fraction of sp³-hybridized carbons (Fsp3) is 1.00. The summed E-state index contributed by atoms with van der Waals surface area (Å²) in [6.07, 6.45) is 7.16. The Morgan fingerprint density at radius 1 is 1.29 bits per heavy atom. The minimum Gasteiger partial charge on any atom is -0.377 e. The Morgan fingerprint density at radius 3 is 2.59 bits per heavy atom. The lowest BCUT2D eigenvalue weighted by Gasteiger charge is -2.33. The van der Waals surface area contributed by atoms with Gasteiger partial charge in [0, 0.05) is 31.3 Å². The van der Waals surface area contributed by atoms with E-state index in [1.165, 1.54) is 32.1 Å². The molecule has 1 aliphatic heterocycles. The first-order valence-electron chi connectivity index (χ1n) is 7.25. The van der Waals surface area contributed by atoms with Crippen molar-refractivity contribution in [1.82, 2.24) is 10.2 Å². The van der Waals surface area contributed by atoms with Crippen LogP contribution in [0.25, 0.3) is 0 Å². The first-order chi connectivity index (χ1) is 8.18. The third-order valence-corrected chi connectivity index (χ3v) is 4.61. The van der Waals surface area contributed by atoms with Crippen molar-refractivity contribution in [3.63, 3.8) is 0 Å². The van der Waals surface area contributed by atoms with Gasteiger partial charge in [0.2, 0.25) is 0 Å². The molecule has 3 nitrogen and oxygen atoms in total. The van der Waals surface area contributed by atoms with E-state index in [9.17, 15) is 0 Å². The number of hydrogen-bond donors (Lipinski definition) is 1. The molecule has 0 bridgehead atoms. The summed E-state index contributed by atoms with van der Waals surface area (Å²) in [4.78, 5) is 2.50. The zero-order chi connectivity index (χ0) is 12.3. The smallest absolute Gasteiger partial charge is 0.0703 e. The van der Waals surface area contributed by atoms with E-state index in [1.54, 1.807) is 0 Å². The van der Waals surface area contributed by atoms with Crippen LogP contribution < -0.4 is 5.32 Å². The van der Waals surface area contributed by atoms with E-state index in [-0.39, 0.29) is 0 Å². The Bertz CT molecular complexity index is 228. The van der Waals surface area contributed by atoms with Crippen molar-refractivity contribution in [3.05, 3.63) is 0 Å². The number of nitrogens with zero attached hydrogens (tertiary/aromatic N) is 1. The molecule has 3 atom stereocenters. The van der Waals surface area contributed by atoms with Gasteiger partial charge in [0.15, 0.2) is 0 Å². The molecule has 1 N–H and O–H groups in total. The standard InChI is InChI=1S/C14H28N2O/c1-11(10-15-13-6-4-5-7-13)16(3)14-8-9-17-12(14)2/h11-15H,4-10H2,1-3H3. The summed E-state index contributed by atoms with van der Waals surface area (Å²) in [6.45, 7) is 6.57. The van der Waals surface area contributed by atoms with Crippen LogP contribution >= 0.6 is 0 Å². The summed E-state index contributed by atoms with van der Waals surface area (Å²) in [5.74, 6) is 0. The molecule has 0 spiro atoms. The molecular formula is C14H28N2O. The normalized spacial score (nSPS) is 32.5. The fourth-order valence-electron chi connectivity index (χ4n) is 3.19. The maximum Gasteiger partial charge on any atom is 0.0703 e. The molecule has 0 aromatic carbocycles. The third-order valence-electron chi connectivity index (χ3n) is 4.61. The van der Waals surface area contributed by atoms with Crippen molar-refractivity contribution < 1.29 is 4.74 Å². The minimum absolute atomic E-state index is 0.397. The summed E-state index contributed by atoms with van der Waals surface area (Å²) in [5.41, 5.74) is 0. The van der Waals surface area contributed by atoms with Crippen molar-refractivity contribution >= 4 is 0 Å². The Labute approximate surface area is 106 Å². The largest absolute Gasteiger partial charge is 0.377 e. The second-order valence-corrected chi connectivity index (χ2v) is 5.84. The quantitative estimate of drug-likeness (QED) is 0.795. The molecule has 0 aromatic heterocycles. The molecule has 2 rings (SSSR count). The van der Waals surface area contributed by atoms with Crippen LogP contribution in [0.2, 0.25) is 0 Å². The predicted octanol–water partition coefficient (Wildman–Crippen LogP) is 2.02. The van der Waals surface area contributed by atoms with Crippen molar-refractivity contribution in [2.75, 3.05) is 20.2 Å². The van der Waals surface area contributed by atoms with Crippen LogP contribution in [0.4, 0.5) is 0 Å². The van der Waals surface area contributed by atoms with Crippen molar-refractivity contribution in [2.24, 2.45) is 0 Å². The van der Waals surface area contributed by atoms with E-state index in [0.717, 1.165) is 19.2 Å². The molecule has 0 radical (unpaired) electrons. The number of likely N-dealkylation sites (N-methyl/N-ethyl adjacent to an activating group) is 1. The van der Waals surface area contributed by atoms with Crippen LogP contribution in [0, 0.1) is 0 Å². The molecule has 1 heterocycles. The van der Waals surface area contributed by atoms with Crippen LogP contribution in [0.1, 0.15) is 46.0 Å². The van der Waals surface area contributed by atoms with E-state index < -0.39 is 0 Å². The van der Waals surface area contributed by atoms with Crippen molar-refractivity contribution in [2.45, 2.75) is 70.2 Å². The van der Waals surface area contributed by atoms with Crippen LogP contribution in [-0.4, -0.2) is 49.3 Å². The molecule has 3 unspecified atom stereocenters. The molecule has 17 heavy (non-hydrogen) atoms. The second-order valence-electron chi connectivity index (χ2n) is 5.84. The number of hydrogen-bond acceptors (Lipinski definition) is 3. The molecule has 0 aromatic rings. The lowest BCUT2D eigenvalue weighted by Crippen LogP contribution is -2.47. The van der Waals surface area contributed by atoms with Gasteiger partial charge in [-0.1, -0.05) is 12.8 Å². The molecule has 1 aliphatic carbocycles. The number of ether oxygens (including phenoxy) is 1. The number of nitrogens with one attached hydrogen (secondary N) is 1. The molecule has 0 amide bonds. The predicted molar refractivity (Wildman–Crippen MR) is 71.3 cm³/mol. The van der Waals surface area contributed by atoms with E-state index in [4.69, 9.17) is 4.74 Å². The SMILES string of the molecule is CC1OCCC1N(C)C(C)CNC1CCCC1. The second kappa shape index (κ2) is 6.17. The number of rotatable bonds is 5. The van der Waals surface area contributed by atoms with Gasteiger partial charge in [-0.2, -0.15) is 0 Å². The lowest BCUT2D eigenvalue weighted by atomic mass is 10.1. The first kappa shape index (κ1) is 13.3. The van der Waals surface area contributed by atoms with E-state index in [0.29, 0.717) is 18.2 Å². The van der Waals surface area contributed by atoms with Gasteiger partial charge in [-0.25, -0.2) is 0 Å².